The quantitative estimate of drug-likeness (QED) is 0.759. The molecule has 0 aliphatic carbocycles. The van der Waals surface area contributed by atoms with Crippen LogP contribution in [-0.2, 0) is 6.42 Å². The summed E-state index contributed by atoms with van der Waals surface area (Å²) in [5.74, 6) is -0.165. The van der Waals surface area contributed by atoms with Crippen LogP contribution in [0.15, 0.2) is 55.0 Å². The number of amides is 1. The third kappa shape index (κ3) is 3.14. The molecule has 0 fully saturated rings. The number of benzene rings is 1. The van der Waals surface area contributed by atoms with Crippen molar-refractivity contribution in [2.45, 2.75) is 6.42 Å². The smallest absolute Gasteiger partial charge is 0.253 e. The normalized spacial score (nSPS) is 10.4. The van der Waals surface area contributed by atoms with E-state index in [9.17, 15) is 4.79 Å². The van der Waals surface area contributed by atoms with Gasteiger partial charge in [-0.1, -0.05) is 18.2 Å². The van der Waals surface area contributed by atoms with Gasteiger partial charge < -0.3 is 5.32 Å². The molecule has 0 aliphatic heterocycles. The van der Waals surface area contributed by atoms with Crippen LogP contribution in [0.4, 0.5) is 0 Å². The second-order valence-corrected chi connectivity index (χ2v) is 4.60. The van der Waals surface area contributed by atoms with Crippen LogP contribution in [-0.4, -0.2) is 37.6 Å². The number of pyridine rings is 1. The monoisotopic (exact) mass is 294 g/mol. The number of para-hydroxylation sites is 1. The summed E-state index contributed by atoms with van der Waals surface area (Å²) in [7, 11) is 0. The fraction of sp³-hybridized carbons (Fsp3) is 0.133. The highest BCUT2D eigenvalue weighted by molar-refractivity contribution is 5.97. The Bertz CT molecular complexity index is 742. The molecule has 3 aromatic rings. The summed E-state index contributed by atoms with van der Waals surface area (Å²) < 4.78 is 1.47. The topological polar surface area (TPSA) is 85.6 Å². The minimum atomic E-state index is -0.165. The number of nitrogens with zero attached hydrogens (tertiary/aromatic N) is 5. The molecule has 1 amide bonds. The largest absolute Gasteiger partial charge is 0.352 e. The average Bonchev–Trinajstić information content (AvgIpc) is 3.10. The molecule has 1 N–H and O–H groups in total. The maximum atomic E-state index is 12.3. The molecule has 110 valence electrons. The molecule has 0 saturated heterocycles. The molecular formula is C15H14N6O. The van der Waals surface area contributed by atoms with Crippen LogP contribution in [0, 0.1) is 0 Å². The Morgan fingerprint density at radius 1 is 1.14 bits per heavy atom. The van der Waals surface area contributed by atoms with E-state index in [0.717, 1.165) is 5.69 Å². The lowest BCUT2D eigenvalue weighted by molar-refractivity contribution is 0.0954. The Balaban J connectivity index is 1.68. The van der Waals surface area contributed by atoms with Gasteiger partial charge in [0.1, 0.15) is 6.33 Å². The first-order valence-electron chi connectivity index (χ1n) is 6.85. The molecule has 3 rings (SSSR count). The van der Waals surface area contributed by atoms with Crippen molar-refractivity contribution >= 4 is 5.91 Å². The molecule has 7 heteroatoms. The van der Waals surface area contributed by atoms with Gasteiger partial charge in [-0.15, -0.1) is 5.10 Å². The van der Waals surface area contributed by atoms with Gasteiger partial charge in [0.15, 0.2) is 0 Å². The Hall–Kier alpha value is -3.09. The molecule has 0 spiro atoms. The van der Waals surface area contributed by atoms with Crippen LogP contribution in [0.3, 0.4) is 0 Å². The lowest BCUT2D eigenvalue weighted by Gasteiger charge is -2.09. The summed E-state index contributed by atoms with van der Waals surface area (Å²) in [6, 6.07) is 12.9. The van der Waals surface area contributed by atoms with Crippen molar-refractivity contribution in [1.82, 2.24) is 30.5 Å². The van der Waals surface area contributed by atoms with Gasteiger partial charge in [0.25, 0.3) is 5.91 Å². The lowest BCUT2D eigenvalue weighted by atomic mass is 10.1. The molecule has 7 nitrogen and oxygen atoms in total. The predicted octanol–water partition coefficient (Wildman–Crippen LogP) is 1.03. The number of carbonyl (C=O) groups is 1. The van der Waals surface area contributed by atoms with Gasteiger partial charge in [-0.2, -0.15) is 4.68 Å². The van der Waals surface area contributed by atoms with E-state index in [-0.39, 0.29) is 5.91 Å². The zero-order valence-electron chi connectivity index (χ0n) is 11.8. The molecular weight excluding hydrogens is 280 g/mol. The Morgan fingerprint density at radius 3 is 2.77 bits per heavy atom. The minimum absolute atomic E-state index is 0.165. The van der Waals surface area contributed by atoms with Gasteiger partial charge in [0.2, 0.25) is 0 Å². The number of hydrogen-bond donors (Lipinski definition) is 1. The molecule has 0 bridgehead atoms. The van der Waals surface area contributed by atoms with Crippen molar-refractivity contribution in [3.63, 3.8) is 0 Å². The van der Waals surface area contributed by atoms with Crippen LogP contribution >= 0.6 is 0 Å². The molecule has 0 saturated carbocycles. The summed E-state index contributed by atoms with van der Waals surface area (Å²) in [6.07, 6.45) is 3.88. The summed E-state index contributed by atoms with van der Waals surface area (Å²) in [5.41, 5.74) is 2.11. The van der Waals surface area contributed by atoms with Crippen LogP contribution in [0.5, 0.6) is 0 Å². The second-order valence-electron chi connectivity index (χ2n) is 4.60. The zero-order chi connectivity index (χ0) is 15.2. The van der Waals surface area contributed by atoms with E-state index in [2.05, 4.69) is 25.8 Å². The Labute approximate surface area is 127 Å². The SMILES string of the molecule is O=C(NCCc1ccccn1)c1ccccc1-n1cnnn1. The molecule has 0 unspecified atom stereocenters. The molecule has 2 heterocycles. The highest BCUT2D eigenvalue weighted by Gasteiger charge is 2.12. The molecule has 22 heavy (non-hydrogen) atoms. The predicted molar refractivity (Wildman–Crippen MR) is 79.4 cm³/mol. The molecule has 0 radical (unpaired) electrons. The first-order valence-corrected chi connectivity index (χ1v) is 6.85. The van der Waals surface area contributed by atoms with E-state index in [1.165, 1.54) is 11.0 Å². The Kier molecular flexibility index (Phi) is 4.15. The van der Waals surface area contributed by atoms with E-state index in [4.69, 9.17) is 0 Å². The second kappa shape index (κ2) is 6.57. The zero-order valence-corrected chi connectivity index (χ0v) is 11.8. The third-order valence-corrected chi connectivity index (χ3v) is 3.14. The number of carbonyl (C=O) groups excluding carboxylic acids is 1. The third-order valence-electron chi connectivity index (χ3n) is 3.14. The fourth-order valence-electron chi connectivity index (χ4n) is 2.08. The maximum Gasteiger partial charge on any atom is 0.253 e. The van der Waals surface area contributed by atoms with Crippen LogP contribution in [0.2, 0.25) is 0 Å². The van der Waals surface area contributed by atoms with E-state index >= 15 is 0 Å². The lowest BCUT2D eigenvalue weighted by Crippen LogP contribution is -2.27. The molecule has 0 aliphatic rings. The highest BCUT2D eigenvalue weighted by Crippen LogP contribution is 2.12. The number of aromatic nitrogens is 5. The van der Waals surface area contributed by atoms with Crippen LogP contribution in [0.1, 0.15) is 16.1 Å². The van der Waals surface area contributed by atoms with E-state index in [1.54, 1.807) is 18.3 Å². The van der Waals surface area contributed by atoms with Crippen molar-refractivity contribution in [2.24, 2.45) is 0 Å². The summed E-state index contributed by atoms with van der Waals surface area (Å²) in [4.78, 5) is 16.6. The molecule has 0 atom stereocenters. The fourth-order valence-corrected chi connectivity index (χ4v) is 2.08. The van der Waals surface area contributed by atoms with E-state index in [0.29, 0.717) is 24.2 Å². The molecule has 1 aromatic carbocycles. The van der Waals surface area contributed by atoms with Crippen molar-refractivity contribution < 1.29 is 4.79 Å². The average molecular weight is 294 g/mol. The number of nitrogens with one attached hydrogen (secondary N) is 1. The minimum Gasteiger partial charge on any atom is -0.352 e. The van der Waals surface area contributed by atoms with Gasteiger partial charge in [-0.3, -0.25) is 9.78 Å². The first-order chi connectivity index (χ1) is 10.8. The summed E-state index contributed by atoms with van der Waals surface area (Å²) in [5, 5.41) is 13.9. The van der Waals surface area contributed by atoms with Gasteiger partial charge in [-0.25, -0.2) is 0 Å². The highest BCUT2D eigenvalue weighted by atomic mass is 16.1. The van der Waals surface area contributed by atoms with Gasteiger partial charge >= 0.3 is 0 Å². The van der Waals surface area contributed by atoms with Crippen molar-refractivity contribution in [1.29, 1.82) is 0 Å². The standard InChI is InChI=1S/C15H14N6O/c22-15(17-10-8-12-5-3-4-9-16-12)13-6-1-2-7-14(13)21-11-18-19-20-21/h1-7,9,11H,8,10H2,(H,17,22). The number of rotatable bonds is 5. The maximum absolute atomic E-state index is 12.3. The number of tetrazole rings is 1. The van der Waals surface area contributed by atoms with E-state index < -0.39 is 0 Å². The van der Waals surface area contributed by atoms with Crippen molar-refractivity contribution in [3.05, 3.63) is 66.2 Å². The van der Waals surface area contributed by atoms with Crippen LogP contribution < -0.4 is 5.32 Å². The van der Waals surface area contributed by atoms with Gasteiger partial charge in [0.05, 0.1) is 11.3 Å². The summed E-state index contributed by atoms with van der Waals surface area (Å²) in [6.45, 7) is 0.514. The van der Waals surface area contributed by atoms with Crippen LogP contribution in [0.25, 0.3) is 5.69 Å². The summed E-state index contributed by atoms with van der Waals surface area (Å²) >= 11 is 0. The number of hydrogen-bond acceptors (Lipinski definition) is 5. The Morgan fingerprint density at radius 2 is 2.00 bits per heavy atom. The van der Waals surface area contributed by atoms with Crippen molar-refractivity contribution in [3.8, 4) is 5.69 Å². The van der Waals surface area contributed by atoms with Gasteiger partial charge in [0, 0.05) is 24.9 Å². The van der Waals surface area contributed by atoms with E-state index in [1.807, 2.05) is 30.3 Å². The molecule has 2 aromatic heterocycles. The first kappa shape index (κ1) is 13.9. The van der Waals surface area contributed by atoms with Gasteiger partial charge in [-0.05, 0) is 34.7 Å². The van der Waals surface area contributed by atoms with Crippen molar-refractivity contribution in [2.75, 3.05) is 6.54 Å².